The number of phosphoric acid groups is 2. The zero-order valence-electron chi connectivity index (χ0n) is 61.7. The molecule has 0 aliphatic carbocycles. The van der Waals surface area contributed by atoms with E-state index in [1.54, 1.807) is 0 Å². The highest BCUT2D eigenvalue weighted by molar-refractivity contribution is 7.47. The second-order valence-electron chi connectivity index (χ2n) is 27.0. The van der Waals surface area contributed by atoms with Crippen LogP contribution in [0.3, 0.4) is 0 Å². The zero-order chi connectivity index (χ0) is 70.7. The lowest BCUT2D eigenvalue weighted by molar-refractivity contribution is -0.150. The van der Waals surface area contributed by atoms with E-state index in [1.807, 2.05) is 0 Å². The molecular weight excluding hydrogens is 1270 g/mol. The molecule has 0 saturated carbocycles. The predicted octanol–water partition coefficient (Wildman–Crippen LogP) is 16.6. The van der Waals surface area contributed by atoms with Gasteiger partial charge in [-0.1, -0.05) is 272 Å². The van der Waals surface area contributed by atoms with Gasteiger partial charge in [0.15, 0.2) is 0 Å². The Balaban J connectivity index is 5.24. The number of hydrogen-bond donors (Lipinski definition) is 9. The van der Waals surface area contributed by atoms with Crippen LogP contribution in [0.1, 0.15) is 349 Å². The van der Waals surface area contributed by atoms with Crippen molar-refractivity contribution in [3.63, 3.8) is 0 Å². The zero-order valence-corrected chi connectivity index (χ0v) is 63.5. The molecule has 8 unspecified atom stereocenters. The van der Waals surface area contributed by atoms with Gasteiger partial charge in [0.05, 0.1) is 64.4 Å². The molecule has 8 atom stereocenters. The molecule has 0 fully saturated rings. The van der Waals surface area contributed by atoms with Crippen LogP contribution in [0.5, 0.6) is 0 Å². The SMILES string of the molecule is CCCCCCCCCCCCCC(O)NC(COCCC(O)CCCCCCC)COP(=O)(O)OCCNC(=O)CC(=O)NCCOP(=O)(O)OCC(COCCC(CCCCCCC)OC(=O)CCCCCCCCCCC)NC(O)CCCCCCCCCCCCC. The topological polar surface area (TPSA) is 299 Å². The molecule has 96 heavy (non-hydrogen) atoms. The Kier molecular flexibility index (Phi) is 67.9. The first-order chi connectivity index (χ1) is 46.5. The summed E-state index contributed by atoms with van der Waals surface area (Å²) in [5.41, 5.74) is 0. The third kappa shape index (κ3) is 66.9. The van der Waals surface area contributed by atoms with Crippen LogP contribution in [0.25, 0.3) is 0 Å². The highest BCUT2D eigenvalue weighted by Crippen LogP contribution is 2.44. The summed E-state index contributed by atoms with van der Waals surface area (Å²) in [6.07, 6.45) is 47.6. The van der Waals surface area contributed by atoms with Crippen molar-refractivity contribution in [2.45, 2.75) is 386 Å². The summed E-state index contributed by atoms with van der Waals surface area (Å²) >= 11 is 0. The van der Waals surface area contributed by atoms with E-state index in [9.17, 15) is 48.6 Å². The molecule has 0 saturated heterocycles. The Morgan fingerprint density at radius 1 is 0.354 bits per heavy atom. The van der Waals surface area contributed by atoms with Crippen molar-refractivity contribution in [1.82, 2.24) is 21.3 Å². The number of esters is 1. The minimum atomic E-state index is -4.68. The summed E-state index contributed by atoms with van der Waals surface area (Å²) in [5, 5.41) is 43.4. The van der Waals surface area contributed by atoms with Crippen molar-refractivity contribution in [2.75, 3.05) is 65.9 Å². The number of unbranched alkanes of at least 4 members (excludes halogenated alkanes) is 36. The number of carbonyl (C=O) groups is 3. The van der Waals surface area contributed by atoms with Crippen molar-refractivity contribution in [3.05, 3.63) is 0 Å². The van der Waals surface area contributed by atoms with Crippen molar-refractivity contribution < 1.29 is 80.9 Å². The van der Waals surface area contributed by atoms with Crippen molar-refractivity contribution >= 4 is 33.4 Å². The van der Waals surface area contributed by atoms with Gasteiger partial charge < -0.3 is 50.0 Å². The molecule has 2 amide bonds. The summed E-state index contributed by atoms with van der Waals surface area (Å²) in [5.74, 6) is -1.62. The molecule has 0 spiro atoms. The van der Waals surface area contributed by atoms with E-state index < -0.39 is 77.7 Å². The standard InChI is InChI=1S/C73H148N4O17P2/c1-6-11-16-21-24-27-29-32-34-39-44-49-69(79)76-65(61-88-56-52-67(78)47-42-37-19-14-9-4)63-92-95(84,85)90-58-54-74-71(81)60-72(82)75-55-59-91-96(86,87)93-64-66(77-70(80)50-45-40-35-33-30-28-25-22-17-12-7-2)62-89-57-53-68(48-43-38-20-15-10-5)94-73(83)51-46-41-36-31-26-23-18-13-8-3/h65-70,76-80H,6-64H2,1-5H3,(H,74,81)(H,75,82)(H,84,85)(H,86,87). The van der Waals surface area contributed by atoms with Gasteiger partial charge in [-0.25, -0.2) is 9.13 Å². The van der Waals surface area contributed by atoms with Crippen molar-refractivity contribution in [1.29, 1.82) is 0 Å². The lowest BCUT2D eigenvalue weighted by Gasteiger charge is -2.24. The fraction of sp³-hybridized carbons (Fsp3) is 0.959. The van der Waals surface area contributed by atoms with Crippen molar-refractivity contribution in [3.8, 4) is 0 Å². The maximum Gasteiger partial charge on any atom is 0.472 e. The van der Waals surface area contributed by atoms with Crippen LogP contribution in [0.2, 0.25) is 0 Å². The van der Waals surface area contributed by atoms with Gasteiger partial charge in [0.1, 0.15) is 25.0 Å². The van der Waals surface area contributed by atoms with Crippen LogP contribution in [0, 0.1) is 0 Å². The second kappa shape index (κ2) is 69.1. The molecule has 23 heteroatoms. The van der Waals surface area contributed by atoms with Gasteiger partial charge in [0.25, 0.3) is 0 Å². The number of rotatable bonds is 77. The smallest absolute Gasteiger partial charge is 0.462 e. The summed E-state index contributed by atoms with van der Waals surface area (Å²) < 4.78 is 64.9. The van der Waals surface area contributed by atoms with Gasteiger partial charge in [0, 0.05) is 32.5 Å². The highest BCUT2D eigenvalue weighted by atomic mass is 31.2. The molecule has 0 rings (SSSR count). The van der Waals surface area contributed by atoms with Gasteiger partial charge in [-0.2, -0.15) is 0 Å². The normalized spacial score (nSPS) is 15.0. The molecule has 21 nitrogen and oxygen atoms in total. The second-order valence-corrected chi connectivity index (χ2v) is 29.9. The average molecular weight is 1420 g/mol. The average Bonchev–Trinajstić information content (AvgIpc) is 3.02. The molecular formula is C73H148N4O17P2. The largest absolute Gasteiger partial charge is 0.472 e. The number of carbonyl (C=O) groups excluding carboxylic acids is 3. The van der Waals surface area contributed by atoms with Gasteiger partial charge in [-0.05, 0) is 57.8 Å². The van der Waals surface area contributed by atoms with E-state index in [1.165, 1.54) is 141 Å². The molecule has 0 bridgehead atoms. The van der Waals surface area contributed by atoms with Gasteiger partial charge >= 0.3 is 21.6 Å². The monoisotopic (exact) mass is 1420 g/mol. The first-order valence-corrected chi connectivity index (χ1v) is 42.2. The summed E-state index contributed by atoms with van der Waals surface area (Å²) in [7, 11) is -9.32. The Bertz CT molecular complexity index is 1840. The third-order valence-electron chi connectivity index (χ3n) is 17.4. The molecule has 0 aromatic rings. The Hall–Kier alpha value is -1.65. The quantitative estimate of drug-likeness (QED) is 0.00899. The van der Waals surface area contributed by atoms with E-state index in [4.69, 9.17) is 32.3 Å². The van der Waals surface area contributed by atoms with E-state index in [-0.39, 0.29) is 64.8 Å². The van der Waals surface area contributed by atoms with Crippen LogP contribution in [-0.2, 0) is 55.8 Å². The lowest BCUT2D eigenvalue weighted by atomic mass is 10.0. The lowest BCUT2D eigenvalue weighted by Crippen LogP contribution is -2.44. The highest BCUT2D eigenvalue weighted by Gasteiger charge is 2.27. The van der Waals surface area contributed by atoms with Gasteiger partial charge in [-0.3, -0.25) is 43.1 Å². The van der Waals surface area contributed by atoms with E-state index >= 15 is 0 Å². The van der Waals surface area contributed by atoms with E-state index in [0.717, 1.165) is 128 Å². The molecule has 572 valence electrons. The first-order valence-electron chi connectivity index (χ1n) is 39.2. The molecule has 0 radical (unpaired) electrons. The van der Waals surface area contributed by atoms with Crippen LogP contribution in [0.15, 0.2) is 0 Å². The maximum atomic E-state index is 13.1. The first kappa shape index (κ1) is 94.3. The van der Waals surface area contributed by atoms with Gasteiger partial charge in [0.2, 0.25) is 11.8 Å². The van der Waals surface area contributed by atoms with Crippen LogP contribution >= 0.6 is 15.6 Å². The molecule has 0 aliphatic rings. The Morgan fingerprint density at radius 3 is 1.03 bits per heavy atom. The third-order valence-corrected chi connectivity index (χ3v) is 19.4. The van der Waals surface area contributed by atoms with E-state index in [0.29, 0.717) is 38.5 Å². The maximum absolute atomic E-state index is 13.1. The molecule has 0 aromatic carbocycles. The number of aliphatic hydroxyl groups is 3. The summed E-state index contributed by atoms with van der Waals surface area (Å²) in [6, 6.07) is -1.39. The number of hydrogen-bond acceptors (Lipinski definition) is 17. The Morgan fingerprint density at radius 2 is 0.667 bits per heavy atom. The molecule has 9 N–H and O–H groups in total. The number of ether oxygens (including phenoxy) is 3. The minimum Gasteiger partial charge on any atom is -0.462 e. The molecule has 0 aliphatic heterocycles. The van der Waals surface area contributed by atoms with Crippen LogP contribution in [0.4, 0.5) is 0 Å². The van der Waals surface area contributed by atoms with Gasteiger partial charge in [-0.15, -0.1) is 0 Å². The summed E-state index contributed by atoms with van der Waals surface area (Å²) in [4.78, 5) is 59.4. The number of nitrogens with one attached hydrogen (secondary N) is 4. The molecule has 0 heterocycles. The molecule has 0 aromatic heterocycles. The van der Waals surface area contributed by atoms with Crippen LogP contribution < -0.4 is 21.3 Å². The predicted molar refractivity (Wildman–Crippen MR) is 387 cm³/mol. The summed E-state index contributed by atoms with van der Waals surface area (Å²) in [6.45, 7) is 9.57. The number of phosphoric ester groups is 2. The van der Waals surface area contributed by atoms with E-state index in [2.05, 4.69) is 55.9 Å². The fourth-order valence-electron chi connectivity index (χ4n) is 11.5. The number of amides is 2. The Labute approximate surface area is 585 Å². The minimum absolute atomic E-state index is 0.0225. The van der Waals surface area contributed by atoms with Crippen molar-refractivity contribution in [2.24, 2.45) is 0 Å². The number of aliphatic hydroxyl groups excluding tert-OH is 3. The fourth-order valence-corrected chi connectivity index (χ4v) is 13.0. The van der Waals surface area contributed by atoms with Crippen LogP contribution in [-0.4, -0.2) is 146 Å².